The van der Waals surface area contributed by atoms with Crippen LogP contribution in [-0.2, 0) is 7.05 Å². The summed E-state index contributed by atoms with van der Waals surface area (Å²) in [5, 5.41) is 16.8. The number of aryl methyl sites for hydroxylation is 1. The van der Waals surface area contributed by atoms with Crippen LogP contribution in [0.3, 0.4) is 0 Å². The van der Waals surface area contributed by atoms with Gasteiger partial charge >= 0.3 is 0 Å². The van der Waals surface area contributed by atoms with Crippen LogP contribution in [0, 0.1) is 11.7 Å². The van der Waals surface area contributed by atoms with Crippen LogP contribution in [0.15, 0.2) is 30.6 Å². The number of rotatable bonds is 4. The SMILES string of the molecule is Cn1cc(C(NC(=O)c2cc(F)cc(Cl)c2)C2CC(O)C2)cn1. The third-order valence-electron chi connectivity index (χ3n) is 4.12. The first kappa shape index (κ1) is 16.0. The molecule has 1 unspecified atom stereocenters. The van der Waals surface area contributed by atoms with Crippen LogP contribution in [0.25, 0.3) is 0 Å². The largest absolute Gasteiger partial charge is 0.393 e. The van der Waals surface area contributed by atoms with Crippen molar-refractivity contribution in [2.45, 2.75) is 25.0 Å². The Morgan fingerprint density at radius 3 is 2.78 bits per heavy atom. The number of aromatic nitrogens is 2. The minimum absolute atomic E-state index is 0.127. The number of hydrogen-bond donors (Lipinski definition) is 2. The predicted octanol–water partition coefficient (Wildman–Crippen LogP) is 2.45. The summed E-state index contributed by atoms with van der Waals surface area (Å²) in [4.78, 5) is 12.4. The number of nitrogens with one attached hydrogen (secondary N) is 1. The van der Waals surface area contributed by atoms with Gasteiger partial charge in [0.2, 0.25) is 0 Å². The second kappa shape index (κ2) is 6.29. The fraction of sp³-hybridized carbons (Fsp3) is 0.375. The average Bonchev–Trinajstić information content (AvgIpc) is 2.87. The Morgan fingerprint density at radius 2 is 2.22 bits per heavy atom. The lowest BCUT2D eigenvalue weighted by Gasteiger charge is -2.37. The number of halogens is 2. The summed E-state index contributed by atoms with van der Waals surface area (Å²) in [5.74, 6) is -0.830. The molecule has 0 spiro atoms. The molecule has 0 radical (unpaired) electrons. The fourth-order valence-corrected chi connectivity index (χ4v) is 3.11. The molecule has 1 atom stereocenters. The van der Waals surface area contributed by atoms with Gasteiger partial charge in [-0.1, -0.05) is 11.6 Å². The zero-order valence-electron chi connectivity index (χ0n) is 12.5. The van der Waals surface area contributed by atoms with E-state index in [1.54, 1.807) is 17.9 Å². The molecule has 1 aromatic heterocycles. The maximum atomic E-state index is 13.4. The molecule has 1 amide bonds. The minimum Gasteiger partial charge on any atom is -0.393 e. The molecule has 3 rings (SSSR count). The lowest BCUT2D eigenvalue weighted by Crippen LogP contribution is -2.41. The first-order chi connectivity index (χ1) is 10.9. The van der Waals surface area contributed by atoms with Gasteiger partial charge in [0, 0.05) is 29.4 Å². The highest BCUT2D eigenvalue weighted by molar-refractivity contribution is 6.31. The van der Waals surface area contributed by atoms with Crippen molar-refractivity contribution in [2.24, 2.45) is 13.0 Å². The zero-order valence-corrected chi connectivity index (χ0v) is 13.3. The van der Waals surface area contributed by atoms with Crippen LogP contribution < -0.4 is 5.32 Å². The number of benzene rings is 1. The predicted molar refractivity (Wildman–Crippen MR) is 83.6 cm³/mol. The van der Waals surface area contributed by atoms with Crippen LogP contribution in [0.5, 0.6) is 0 Å². The Labute approximate surface area is 138 Å². The van der Waals surface area contributed by atoms with Crippen LogP contribution in [0.2, 0.25) is 5.02 Å². The van der Waals surface area contributed by atoms with Gasteiger partial charge in [-0.3, -0.25) is 9.48 Å². The molecule has 1 heterocycles. The van der Waals surface area contributed by atoms with E-state index < -0.39 is 11.7 Å². The molecule has 1 aliphatic rings. The van der Waals surface area contributed by atoms with Crippen LogP contribution in [-0.4, -0.2) is 26.9 Å². The van der Waals surface area contributed by atoms with Crippen molar-refractivity contribution in [1.29, 1.82) is 0 Å². The molecule has 1 aromatic carbocycles. The van der Waals surface area contributed by atoms with Gasteiger partial charge in [-0.05, 0) is 37.0 Å². The average molecular weight is 338 g/mol. The Bertz CT molecular complexity index is 708. The van der Waals surface area contributed by atoms with Crippen molar-refractivity contribution in [3.63, 3.8) is 0 Å². The number of carbonyl (C=O) groups is 1. The van der Waals surface area contributed by atoms with Gasteiger partial charge in [-0.15, -0.1) is 0 Å². The number of aliphatic hydroxyl groups excluding tert-OH is 1. The van der Waals surface area contributed by atoms with Gasteiger partial charge in [-0.2, -0.15) is 5.10 Å². The molecule has 122 valence electrons. The molecule has 7 heteroatoms. The van der Waals surface area contributed by atoms with E-state index in [0.717, 1.165) is 17.7 Å². The highest BCUT2D eigenvalue weighted by atomic mass is 35.5. The summed E-state index contributed by atoms with van der Waals surface area (Å²) in [5.41, 5.74) is 1.03. The molecule has 2 aromatic rings. The van der Waals surface area contributed by atoms with E-state index >= 15 is 0 Å². The third kappa shape index (κ3) is 3.54. The Hall–Kier alpha value is -1.92. The number of carbonyl (C=O) groups excluding carboxylic acids is 1. The highest BCUT2D eigenvalue weighted by Gasteiger charge is 2.36. The number of hydrogen-bond acceptors (Lipinski definition) is 3. The van der Waals surface area contributed by atoms with Crippen LogP contribution >= 0.6 is 11.6 Å². The lowest BCUT2D eigenvalue weighted by molar-refractivity contribution is 0.0235. The van der Waals surface area contributed by atoms with Gasteiger partial charge in [-0.25, -0.2) is 4.39 Å². The maximum Gasteiger partial charge on any atom is 0.251 e. The maximum absolute atomic E-state index is 13.4. The van der Waals surface area contributed by atoms with E-state index in [1.165, 1.54) is 6.07 Å². The molecular formula is C16H17ClFN3O2. The molecule has 1 fully saturated rings. The molecule has 1 aliphatic carbocycles. The third-order valence-corrected chi connectivity index (χ3v) is 4.33. The molecule has 0 bridgehead atoms. The summed E-state index contributed by atoms with van der Waals surface area (Å²) in [6, 6.07) is 3.45. The van der Waals surface area contributed by atoms with Crippen molar-refractivity contribution < 1.29 is 14.3 Å². The molecule has 0 saturated heterocycles. The molecule has 1 saturated carbocycles. The van der Waals surface area contributed by atoms with Crippen molar-refractivity contribution in [3.8, 4) is 0 Å². The Balaban J connectivity index is 1.81. The molecule has 0 aliphatic heterocycles. The summed E-state index contributed by atoms with van der Waals surface area (Å²) in [6.07, 6.45) is 4.41. The normalized spacial score (nSPS) is 21.6. The number of nitrogens with zero attached hydrogens (tertiary/aromatic N) is 2. The summed E-state index contributed by atoms with van der Waals surface area (Å²) < 4.78 is 15.1. The quantitative estimate of drug-likeness (QED) is 0.900. The van der Waals surface area contributed by atoms with Crippen molar-refractivity contribution in [2.75, 3.05) is 0 Å². The highest BCUT2D eigenvalue weighted by Crippen LogP contribution is 2.38. The zero-order chi connectivity index (χ0) is 16.6. The van der Waals surface area contributed by atoms with Gasteiger partial charge in [0.1, 0.15) is 5.82 Å². The second-order valence-electron chi connectivity index (χ2n) is 5.94. The van der Waals surface area contributed by atoms with Gasteiger partial charge in [0.25, 0.3) is 5.91 Å². The summed E-state index contributed by atoms with van der Waals surface area (Å²) in [6.45, 7) is 0. The summed E-state index contributed by atoms with van der Waals surface area (Å²) in [7, 11) is 1.80. The van der Waals surface area contributed by atoms with E-state index in [9.17, 15) is 14.3 Å². The van der Waals surface area contributed by atoms with Gasteiger partial charge in [0.15, 0.2) is 0 Å². The van der Waals surface area contributed by atoms with Crippen molar-refractivity contribution >= 4 is 17.5 Å². The van der Waals surface area contributed by atoms with E-state index in [1.807, 2.05) is 6.20 Å². The summed E-state index contributed by atoms with van der Waals surface area (Å²) >= 11 is 5.80. The molecule has 23 heavy (non-hydrogen) atoms. The van der Waals surface area contributed by atoms with E-state index in [2.05, 4.69) is 10.4 Å². The van der Waals surface area contributed by atoms with Gasteiger partial charge < -0.3 is 10.4 Å². The number of aliphatic hydroxyl groups is 1. The molecule has 5 nitrogen and oxygen atoms in total. The topological polar surface area (TPSA) is 67.2 Å². The van der Waals surface area contributed by atoms with Crippen LogP contribution in [0.4, 0.5) is 4.39 Å². The Kier molecular flexibility index (Phi) is 4.37. The van der Waals surface area contributed by atoms with Crippen molar-refractivity contribution in [1.82, 2.24) is 15.1 Å². The first-order valence-corrected chi connectivity index (χ1v) is 7.73. The van der Waals surface area contributed by atoms with E-state index in [0.29, 0.717) is 12.8 Å². The molecule has 2 N–H and O–H groups in total. The fourth-order valence-electron chi connectivity index (χ4n) is 2.89. The first-order valence-electron chi connectivity index (χ1n) is 7.36. The van der Waals surface area contributed by atoms with Crippen molar-refractivity contribution in [3.05, 3.63) is 52.6 Å². The van der Waals surface area contributed by atoms with Crippen LogP contribution in [0.1, 0.15) is 34.8 Å². The van der Waals surface area contributed by atoms with Gasteiger partial charge in [0.05, 0.1) is 18.3 Å². The molecular weight excluding hydrogens is 321 g/mol. The van der Waals surface area contributed by atoms with E-state index in [-0.39, 0.29) is 28.6 Å². The standard InChI is InChI=1S/C16H17ClFN3O2/c1-21-8-11(7-19-21)15(9-4-14(22)5-9)20-16(23)10-2-12(17)6-13(18)3-10/h2-3,6-9,14-15,22H,4-5H2,1H3,(H,20,23). The van der Waals surface area contributed by atoms with E-state index in [4.69, 9.17) is 11.6 Å². The minimum atomic E-state index is -0.556. The number of amides is 1. The second-order valence-corrected chi connectivity index (χ2v) is 6.38. The monoisotopic (exact) mass is 337 g/mol. The Morgan fingerprint density at radius 1 is 1.48 bits per heavy atom. The lowest BCUT2D eigenvalue weighted by atomic mass is 9.75. The smallest absolute Gasteiger partial charge is 0.251 e.